The summed E-state index contributed by atoms with van der Waals surface area (Å²) in [5.41, 5.74) is 0.485. The molecule has 28 heavy (non-hydrogen) atoms. The first-order valence-electron chi connectivity index (χ1n) is 9.15. The highest BCUT2D eigenvalue weighted by atomic mass is 32.2. The molecule has 0 radical (unpaired) electrons. The van der Waals surface area contributed by atoms with Crippen molar-refractivity contribution in [2.45, 2.75) is 37.1 Å². The van der Waals surface area contributed by atoms with Crippen LogP contribution in [0, 0.1) is 5.82 Å². The Balaban J connectivity index is 1.59. The van der Waals surface area contributed by atoms with Crippen molar-refractivity contribution in [3.63, 3.8) is 0 Å². The Labute approximate surface area is 164 Å². The molecule has 7 nitrogen and oxygen atoms in total. The number of carbonyl (C=O) groups excluding carboxylic acids is 1. The lowest BCUT2D eigenvalue weighted by Crippen LogP contribution is -2.41. The highest BCUT2D eigenvalue weighted by Gasteiger charge is 2.22. The number of rotatable bonds is 6. The number of amides is 1. The zero-order valence-corrected chi connectivity index (χ0v) is 16.4. The third-order valence-corrected chi connectivity index (χ3v) is 6.10. The number of aromatic nitrogens is 1. The number of sulfonamides is 1. The number of halogens is 1. The molecule has 0 bridgehead atoms. The fraction of sp³-hybridized carbons (Fsp3) is 0.368. The van der Waals surface area contributed by atoms with Crippen molar-refractivity contribution >= 4 is 27.4 Å². The van der Waals surface area contributed by atoms with E-state index in [1.807, 2.05) is 6.07 Å². The molecule has 2 heterocycles. The smallest absolute Gasteiger partial charge is 0.242 e. The van der Waals surface area contributed by atoms with Crippen molar-refractivity contribution < 1.29 is 17.6 Å². The fourth-order valence-corrected chi connectivity index (χ4v) is 4.19. The molecule has 1 aliphatic heterocycles. The number of nitrogens with zero attached hydrogens (tertiary/aromatic N) is 2. The molecule has 3 rings (SSSR count). The molecule has 1 aliphatic rings. The molecule has 1 aromatic carbocycles. The molecule has 2 N–H and O–H groups in total. The molecule has 0 saturated carbocycles. The number of hydrogen-bond acceptors (Lipinski definition) is 5. The summed E-state index contributed by atoms with van der Waals surface area (Å²) in [7, 11) is -3.93. The Kier molecular flexibility index (Phi) is 6.25. The Morgan fingerprint density at radius 3 is 2.39 bits per heavy atom. The molecule has 1 saturated heterocycles. The second kappa shape index (κ2) is 8.66. The van der Waals surface area contributed by atoms with Crippen LogP contribution in [0.15, 0.2) is 47.5 Å². The van der Waals surface area contributed by atoms with Gasteiger partial charge in [0.05, 0.1) is 22.8 Å². The van der Waals surface area contributed by atoms with Crippen LogP contribution in [-0.4, -0.2) is 38.4 Å². The van der Waals surface area contributed by atoms with Gasteiger partial charge < -0.3 is 10.2 Å². The Hall–Kier alpha value is -2.52. The summed E-state index contributed by atoms with van der Waals surface area (Å²) >= 11 is 0. The van der Waals surface area contributed by atoms with Crippen LogP contribution in [-0.2, 0) is 14.8 Å². The summed E-state index contributed by atoms with van der Waals surface area (Å²) in [6.07, 6.45) is 5.08. The molecule has 1 fully saturated rings. The van der Waals surface area contributed by atoms with Crippen molar-refractivity contribution in [2.24, 2.45) is 0 Å². The van der Waals surface area contributed by atoms with Crippen molar-refractivity contribution in [3.05, 3.63) is 48.4 Å². The maximum Gasteiger partial charge on any atom is 0.242 e. The van der Waals surface area contributed by atoms with Crippen molar-refractivity contribution in [1.82, 2.24) is 9.71 Å². The van der Waals surface area contributed by atoms with E-state index in [1.165, 1.54) is 13.3 Å². The quantitative estimate of drug-likeness (QED) is 0.769. The van der Waals surface area contributed by atoms with Gasteiger partial charge in [-0.3, -0.25) is 4.79 Å². The summed E-state index contributed by atoms with van der Waals surface area (Å²) < 4.78 is 39.8. The van der Waals surface area contributed by atoms with Gasteiger partial charge in [-0.2, -0.15) is 4.72 Å². The van der Waals surface area contributed by atoms with Gasteiger partial charge in [-0.05, 0) is 62.6 Å². The van der Waals surface area contributed by atoms with Gasteiger partial charge in [-0.15, -0.1) is 0 Å². The summed E-state index contributed by atoms with van der Waals surface area (Å²) in [6.45, 7) is 3.38. The van der Waals surface area contributed by atoms with Crippen LogP contribution in [0.1, 0.15) is 26.2 Å². The van der Waals surface area contributed by atoms with E-state index in [-0.39, 0.29) is 4.90 Å². The van der Waals surface area contributed by atoms with E-state index in [0.717, 1.165) is 56.0 Å². The average molecular weight is 406 g/mol. The number of anilines is 2. The standard InChI is InChI=1S/C19H23FN4O3S/c1-14(23-28(26,27)17-8-5-15(20)6-9-17)19(25)22-16-7-10-18(21-13-16)24-11-3-2-4-12-24/h5-10,13-14,23H,2-4,11-12H2,1H3,(H,22,25)/t14-/m1/s1. The van der Waals surface area contributed by atoms with E-state index in [9.17, 15) is 17.6 Å². The van der Waals surface area contributed by atoms with E-state index < -0.39 is 27.8 Å². The number of piperidine rings is 1. The van der Waals surface area contributed by atoms with Gasteiger partial charge in [0, 0.05) is 13.1 Å². The zero-order valence-electron chi connectivity index (χ0n) is 15.6. The summed E-state index contributed by atoms with van der Waals surface area (Å²) in [4.78, 5) is 18.8. The number of pyridine rings is 1. The van der Waals surface area contributed by atoms with Crippen LogP contribution in [0.25, 0.3) is 0 Å². The third-order valence-electron chi connectivity index (χ3n) is 4.54. The normalized spacial score (nSPS) is 15.9. The topological polar surface area (TPSA) is 91.4 Å². The molecule has 0 spiro atoms. The maximum absolute atomic E-state index is 13.0. The Bertz CT molecular complexity index is 911. The molecule has 0 aliphatic carbocycles. The maximum atomic E-state index is 13.0. The number of nitrogens with one attached hydrogen (secondary N) is 2. The number of carbonyl (C=O) groups is 1. The molecular formula is C19H23FN4O3S. The molecule has 1 atom stereocenters. The molecular weight excluding hydrogens is 383 g/mol. The molecule has 1 aromatic heterocycles. The lowest BCUT2D eigenvalue weighted by molar-refractivity contribution is -0.117. The molecule has 0 unspecified atom stereocenters. The van der Waals surface area contributed by atoms with E-state index in [4.69, 9.17) is 0 Å². The molecule has 150 valence electrons. The van der Waals surface area contributed by atoms with Crippen LogP contribution in [0.2, 0.25) is 0 Å². The molecule has 1 amide bonds. The van der Waals surface area contributed by atoms with Gasteiger partial charge in [-0.25, -0.2) is 17.8 Å². The molecule has 2 aromatic rings. The summed E-state index contributed by atoms with van der Waals surface area (Å²) in [5.74, 6) is -0.189. The largest absolute Gasteiger partial charge is 0.357 e. The lowest BCUT2D eigenvalue weighted by Gasteiger charge is -2.27. The average Bonchev–Trinajstić information content (AvgIpc) is 2.69. The Morgan fingerprint density at radius 1 is 1.11 bits per heavy atom. The van der Waals surface area contributed by atoms with E-state index >= 15 is 0 Å². The number of benzene rings is 1. The van der Waals surface area contributed by atoms with Crippen LogP contribution in [0.4, 0.5) is 15.9 Å². The monoisotopic (exact) mass is 406 g/mol. The minimum absolute atomic E-state index is 0.110. The van der Waals surface area contributed by atoms with E-state index in [2.05, 4.69) is 19.9 Å². The second-order valence-corrected chi connectivity index (χ2v) is 8.45. The Morgan fingerprint density at radius 2 is 1.79 bits per heavy atom. The van der Waals surface area contributed by atoms with Gasteiger partial charge in [0.25, 0.3) is 0 Å². The number of hydrogen-bond donors (Lipinski definition) is 2. The van der Waals surface area contributed by atoms with Gasteiger partial charge in [0.1, 0.15) is 11.6 Å². The highest BCUT2D eigenvalue weighted by molar-refractivity contribution is 7.89. The lowest BCUT2D eigenvalue weighted by atomic mass is 10.1. The van der Waals surface area contributed by atoms with Crippen LogP contribution >= 0.6 is 0 Å². The predicted molar refractivity (Wildman–Crippen MR) is 105 cm³/mol. The first kappa shape index (κ1) is 20.2. The predicted octanol–water partition coefficient (Wildman–Crippen LogP) is 2.52. The minimum Gasteiger partial charge on any atom is -0.357 e. The van der Waals surface area contributed by atoms with Crippen molar-refractivity contribution in [2.75, 3.05) is 23.3 Å². The minimum atomic E-state index is -3.93. The summed E-state index contributed by atoms with van der Waals surface area (Å²) in [5, 5.41) is 2.65. The van der Waals surface area contributed by atoms with Gasteiger partial charge in [-0.1, -0.05) is 0 Å². The molecule has 9 heteroatoms. The first-order chi connectivity index (χ1) is 13.3. The third kappa shape index (κ3) is 5.05. The van der Waals surface area contributed by atoms with Crippen molar-refractivity contribution in [1.29, 1.82) is 0 Å². The van der Waals surface area contributed by atoms with Crippen LogP contribution < -0.4 is 14.9 Å². The highest BCUT2D eigenvalue weighted by Crippen LogP contribution is 2.19. The zero-order chi connectivity index (χ0) is 20.1. The SMILES string of the molecule is C[C@@H](NS(=O)(=O)c1ccc(F)cc1)C(=O)Nc1ccc(N2CCCCC2)nc1. The van der Waals surface area contributed by atoms with E-state index in [1.54, 1.807) is 12.3 Å². The van der Waals surface area contributed by atoms with Gasteiger partial charge >= 0.3 is 0 Å². The van der Waals surface area contributed by atoms with E-state index in [0.29, 0.717) is 5.69 Å². The van der Waals surface area contributed by atoms with Crippen LogP contribution in [0.5, 0.6) is 0 Å². The van der Waals surface area contributed by atoms with Gasteiger partial charge in [0.15, 0.2) is 0 Å². The van der Waals surface area contributed by atoms with Gasteiger partial charge in [0.2, 0.25) is 15.9 Å². The summed E-state index contributed by atoms with van der Waals surface area (Å²) in [6, 6.07) is 6.96. The van der Waals surface area contributed by atoms with Crippen molar-refractivity contribution in [3.8, 4) is 0 Å². The van der Waals surface area contributed by atoms with Crippen LogP contribution in [0.3, 0.4) is 0 Å². The second-order valence-electron chi connectivity index (χ2n) is 6.74. The fourth-order valence-electron chi connectivity index (χ4n) is 2.99. The first-order valence-corrected chi connectivity index (χ1v) is 10.6.